The molecule has 1 fully saturated rings. The Labute approximate surface area is 110 Å². The van der Waals surface area contributed by atoms with Crippen molar-refractivity contribution in [2.24, 2.45) is 0 Å². The first kappa shape index (κ1) is 12.9. The van der Waals surface area contributed by atoms with Crippen LogP contribution in [-0.2, 0) is 6.54 Å². The summed E-state index contributed by atoms with van der Waals surface area (Å²) in [7, 11) is 0. The fraction of sp³-hybridized carbons (Fsp3) is 0.600. The smallest absolute Gasteiger partial charge is 0.0236 e. The molecule has 1 saturated heterocycles. The molecule has 0 aromatic heterocycles. The highest BCUT2D eigenvalue weighted by Crippen LogP contribution is 2.23. The summed E-state index contributed by atoms with van der Waals surface area (Å²) in [5.41, 5.74) is 1.44. The third-order valence-electron chi connectivity index (χ3n) is 3.65. The van der Waals surface area contributed by atoms with Crippen molar-refractivity contribution in [1.29, 1.82) is 0 Å². The molecule has 0 bridgehead atoms. The zero-order valence-corrected chi connectivity index (χ0v) is 11.2. The van der Waals surface area contributed by atoms with Crippen molar-refractivity contribution in [1.82, 2.24) is 4.90 Å². The Bertz CT molecular complexity index is 312. The maximum Gasteiger partial charge on any atom is 0.0236 e. The number of alkyl halides is 1. The topological polar surface area (TPSA) is 3.24 Å². The third kappa shape index (κ3) is 4.01. The van der Waals surface area contributed by atoms with Crippen LogP contribution < -0.4 is 0 Å². The van der Waals surface area contributed by atoms with Gasteiger partial charge in [-0.25, -0.2) is 0 Å². The zero-order chi connectivity index (χ0) is 11.9. The molecule has 2 rings (SSSR count). The second-order valence-electron chi connectivity index (χ2n) is 4.94. The first-order chi connectivity index (χ1) is 8.40. The standard InChI is InChI=1S/C15H22ClN/c16-11-6-10-15-9-4-5-12-17(15)13-14-7-2-1-3-8-14/h1-3,7-8,15H,4-6,9-13H2. The Morgan fingerprint density at radius 2 is 2.00 bits per heavy atom. The third-order valence-corrected chi connectivity index (χ3v) is 3.92. The number of hydrogen-bond donors (Lipinski definition) is 0. The van der Waals surface area contributed by atoms with Crippen LogP contribution in [0.15, 0.2) is 30.3 Å². The van der Waals surface area contributed by atoms with Gasteiger partial charge in [0.25, 0.3) is 0 Å². The van der Waals surface area contributed by atoms with E-state index in [1.54, 1.807) is 0 Å². The van der Waals surface area contributed by atoms with Gasteiger partial charge in [-0.2, -0.15) is 0 Å². The maximum atomic E-state index is 5.81. The minimum absolute atomic E-state index is 0.753. The van der Waals surface area contributed by atoms with E-state index in [1.165, 1.54) is 37.8 Å². The van der Waals surface area contributed by atoms with Crippen molar-refractivity contribution in [2.45, 2.75) is 44.7 Å². The van der Waals surface area contributed by atoms with Gasteiger partial charge in [-0.3, -0.25) is 4.90 Å². The normalized spacial score (nSPS) is 21.6. The van der Waals surface area contributed by atoms with E-state index < -0.39 is 0 Å². The van der Waals surface area contributed by atoms with Crippen molar-refractivity contribution in [3.8, 4) is 0 Å². The second kappa shape index (κ2) is 7.03. The minimum Gasteiger partial charge on any atom is -0.296 e. The number of halogens is 1. The van der Waals surface area contributed by atoms with Crippen LogP contribution in [0.5, 0.6) is 0 Å². The summed E-state index contributed by atoms with van der Waals surface area (Å²) < 4.78 is 0. The van der Waals surface area contributed by atoms with E-state index in [0.29, 0.717) is 0 Å². The minimum atomic E-state index is 0.753. The van der Waals surface area contributed by atoms with Crippen LogP contribution in [0.25, 0.3) is 0 Å². The molecule has 1 atom stereocenters. The summed E-state index contributed by atoms with van der Waals surface area (Å²) in [4.78, 5) is 2.64. The highest BCUT2D eigenvalue weighted by Gasteiger charge is 2.21. The van der Waals surface area contributed by atoms with Crippen LogP contribution in [0.1, 0.15) is 37.7 Å². The molecule has 0 saturated carbocycles. The van der Waals surface area contributed by atoms with Crippen LogP contribution in [0, 0.1) is 0 Å². The number of likely N-dealkylation sites (tertiary alicyclic amines) is 1. The monoisotopic (exact) mass is 251 g/mol. The zero-order valence-electron chi connectivity index (χ0n) is 10.4. The number of rotatable bonds is 5. The Kier molecular flexibility index (Phi) is 5.34. The Morgan fingerprint density at radius 1 is 1.18 bits per heavy atom. The van der Waals surface area contributed by atoms with Gasteiger partial charge in [0.05, 0.1) is 0 Å². The predicted molar refractivity (Wildman–Crippen MR) is 74.4 cm³/mol. The van der Waals surface area contributed by atoms with Crippen LogP contribution in [0.4, 0.5) is 0 Å². The second-order valence-corrected chi connectivity index (χ2v) is 5.31. The van der Waals surface area contributed by atoms with Gasteiger partial charge in [-0.1, -0.05) is 36.8 Å². The van der Waals surface area contributed by atoms with E-state index in [2.05, 4.69) is 35.2 Å². The molecule has 0 N–H and O–H groups in total. The van der Waals surface area contributed by atoms with Gasteiger partial charge in [0.15, 0.2) is 0 Å². The number of nitrogens with zero attached hydrogens (tertiary/aromatic N) is 1. The van der Waals surface area contributed by atoms with Gasteiger partial charge in [0, 0.05) is 18.5 Å². The molecule has 1 aromatic rings. The van der Waals surface area contributed by atoms with E-state index >= 15 is 0 Å². The van der Waals surface area contributed by atoms with Crippen molar-refractivity contribution >= 4 is 11.6 Å². The predicted octanol–water partition coefficient (Wildman–Crippen LogP) is 4.06. The van der Waals surface area contributed by atoms with Crippen molar-refractivity contribution in [3.63, 3.8) is 0 Å². The lowest BCUT2D eigenvalue weighted by Gasteiger charge is -2.35. The van der Waals surface area contributed by atoms with E-state index in [0.717, 1.165) is 24.9 Å². The van der Waals surface area contributed by atoms with Gasteiger partial charge < -0.3 is 0 Å². The summed E-state index contributed by atoms with van der Waals surface area (Å²) in [6.45, 7) is 2.36. The SMILES string of the molecule is ClCCCC1CCCCN1Cc1ccccc1. The average molecular weight is 252 g/mol. The van der Waals surface area contributed by atoms with Gasteiger partial charge >= 0.3 is 0 Å². The molecule has 1 nitrogen and oxygen atoms in total. The number of benzene rings is 1. The summed E-state index contributed by atoms with van der Waals surface area (Å²) >= 11 is 5.81. The van der Waals surface area contributed by atoms with Crippen molar-refractivity contribution in [3.05, 3.63) is 35.9 Å². The van der Waals surface area contributed by atoms with E-state index in [4.69, 9.17) is 11.6 Å². The molecule has 0 spiro atoms. The fourth-order valence-corrected chi connectivity index (χ4v) is 2.88. The maximum absolute atomic E-state index is 5.81. The van der Waals surface area contributed by atoms with E-state index in [1.807, 2.05) is 0 Å². The molecule has 0 amide bonds. The molecule has 2 heteroatoms. The summed E-state index contributed by atoms with van der Waals surface area (Å²) in [6.07, 6.45) is 6.50. The van der Waals surface area contributed by atoms with Crippen LogP contribution in [0.3, 0.4) is 0 Å². The molecular weight excluding hydrogens is 230 g/mol. The fourth-order valence-electron chi connectivity index (χ4n) is 2.73. The van der Waals surface area contributed by atoms with E-state index in [9.17, 15) is 0 Å². The Balaban J connectivity index is 1.92. The first-order valence-electron chi connectivity index (χ1n) is 6.74. The molecule has 1 unspecified atom stereocenters. The van der Waals surface area contributed by atoms with Crippen molar-refractivity contribution in [2.75, 3.05) is 12.4 Å². The summed E-state index contributed by atoms with van der Waals surface area (Å²) in [5, 5.41) is 0. The Morgan fingerprint density at radius 3 is 2.76 bits per heavy atom. The molecule has 17 heavy (non-hydrogen) atoms. The first-order valence-corrected chi connectivity index (χ1v) is 7.27. The highest BCUT2D eigenvalue weighted by atomic mass is 35.5. The summed E-state index contributed by atoms with van der Waals surface area (Å²) in [6, 6.07) is 11.6. The highest BCUT2D eigenvalue weighted by molar-refractivity contribution is 6.17. The molecule has 1 heterocycles. The molecule has 0 aliphatic carbocycles. The molecule has 1 aromatic carbocycles. The molecule has 0 radical (unpaired) electrons. The average Bonchev–Trinajstić information content (AvgIpc) is 2.39. The molecule has 1 aliphatic rings. The lowest BCUT2D eigenvalue weighted by Crippen LogP contribution is -2.38. The quantitative estimate of drug-likeness (QED) is 0.714. The van der Waals surface area contributed by atoms with Crippen LogP contribution >= 0.6 is 11.6 Å². The molecule has 94 valence electrons. The van der Waals surface area contributed by atoms with E-state index in [-0.39, 0.29) is 0 Å². The Hall–Kier alpha value is -0.530. The van der Waals surface area contributed by atoms with Crippen LogP contribution in [-0.4, -0.2) is 23.4 Å². The molecule has 1 aliphatic heterocycles. The largest absolute Gasteiger partial charge is 0.296 e. The van der Waals surface area contributed by atoms with Gasteiger partial charge in [-0.05, 0) is 37.8 Å². The number of hydrogen-bond acceptors (Lipinski definition) is 1. The number of piperidine rings is 1. The molecular formula is C15H22ClN. The van der Waals surface area contributed by atoms with Crippen molar-refractivity contribution < 1.29 is 0 Å². The van der Waals surface area contributed by atoms with Crippen LogP contribution in [0.2, 0.25) is 0 Å². The van der Waals surface area contributed by atoms with Gasteiger partial charge in [0.1, 0.15) is 0 Å². The van der Waals surface area contributed by atoms with Gasteiger partial charge in [0.2, 0.25) is 0 Å². The lowest BCUT2D eigenvalue weighted by atomic mass is 9.97. The van der Waals surface area contributed by atoms with Gasteiger partial charge in [-0.15, -0.1) is 11.6 Å². The lowest BCUT2D eigenvalue weighted by molar-refractivity contribution is 0.132. The summed E-state index contributed by atoms with van der Waals surface area (Å²) in [5.74, 6) is 0.801.